The highest BCUT2D eigenvalue weighted by Gasteiger charge is 2.05. The maximum Gasteiger partial charge on any atom is 0.330 e. The molecule has 3 rings (SSSR count). The monoisotopic (exact) mass is 367 g/mol. The van der Waals surface area contributed by atoms with Crippen LogP contribution < -0.4 is 4.74 Å². The molecule has 3 aromatic rings. The van der Waals surface area contributed by atoms with Crippen molar-refractivity contribution in [2.45, 2.75) is 19.8 Å². The van der Waals surface area contributed by atoms with Gasteiger partial charge in [-0.2, -0.15) is 0 Å². The summed E-state index contributed by atoms with van der Waals surface area (Å²) in [6.07, 6.45) is 6.38. The van der Waals surface area contributed by atoms with E-state index >= 15 is 0 Å². The predicted molar refractivity (Wildman–Crippen MR) is 104 cm³/mol. The van der Waals surface area contributed by atoms with Crippen LogP contribution in [0.2, 0.25) is 0 Å². The third kappa shape index (κ3) is 5.20. The number of halogens is 1. The molecule has 0 radical (unpaired) electrons. The summed E-state index contributed by atoms with van der Waals surface area (Å²) in [7, 11) is 0. The number of ether oxygens (including phenoxy) is 2. The Bertz CT molecular complexity index is 928. The number of aryl methyl sites for hydroxylation is 1. The molecule has 0 aliphatic heterocycles. The third-order valence-electron chi connectivity index (χ3n) is 4.17. The van der Waals surface area contributed by atoms with Gasteiger partial charge in [-0.25, -0.2) is 9.18 Å². The van der Waals surface area contributed by atoms with Crippen LogP contribution in [0.1, 0.15) is 24.5 Å². The molecule has 0 bridgehead atoms. The molecule has 0 aliphatic rings. The number of carbonyl (C=O) groups is 1. The fourth-order valence-corrected chi connectivity index (χ4v) is 2.85. The minimum Gasteiger partial charge on any atom is -0.494 e. The third-order valence-corrected chi connectivity index (χ3v) is 4.17. The summed E-state index contributed by atoms with van der Waals surface area (Å²) in [5, 5.41) is 0.872. The number of aromatic nitrogens is 1. The van der Waals surface area contributed by atoms with Crippen LogP contribution in [0.5, 0.6) is 5.75 Å². The highest BCUT2D eigenvalue weighted by atomic mass is 19.1. The van der Waals surface area contributed by atoms with Crippen molar-refractivity contribution < 1.29 is 18.7 Å². The molecule has 0 fully saturated rings. The van der Waals surface area contributed by atoms with Gasteiger partial charge >= 0.3 is 5.97 Å². The molecule has 0 unspecified atom stereocenters. The lowest BCUT2D eigenvalue weighted by atomic mass is 10.1. The Morgan fingerprint density at radius 2 is 2.00 bits per heavy atom. The topological polar surface area (TPSA) is 51.3 Å². The van der Waals surface area contributed by atoms with E-state index in [4.69, 9.17) is 9.47 Å². The van der Waals surface area contributed by atoms with E-state index < -0.39 is 0 Å². The molecule has 0 saturated carbocycles. The van der Waals surface area contributed by atoms with Gasteiger partial charge in [0, 0.05) is 23.2 Å². The van der Waals surface area contributed by atoms with E-state index in [-0.39, 0.29) is 11.8 Å². The molecule has 140 valence electrons. The van der Waals surface area contributed by atoms with Gasteiger partial charge < -0.3 is 14.5 Å². The van der Waals surface area contributed by atoms with Gasteiger partial charge in [-0.05, 0) is 67.3 Å². The number of hydrogen-bond acceptors (Lipinski definition) is 3. The number of carbonyl (C=O) groups excluding carboxylic acids is 1. The van der Waals surface area contributed by atoms with Crippen molar-refractivity contribution in [3.8, 4) is 5.75 Å². The molecule has 0 saturated heterocycles. The Morgan fingerprint density at radius 1 is 1.19 bits per heavy atom. The first kappa shape index (κ1) is 18.7. The second-order valence-corrected chi connectivity index (χ2v) is 6.11. The Balaban J connectivity index is 1.44. The van der Waals surface area contributed by atoms with Gasteiger partial charge in [-0.15, -0.1) is 0 Å². The Kier molecular flexibility index (Phi) is 6.26. The van der Waals surface area contributed by atoms with Crippen LogP contribution in [0.15, 0.2) is 54.7 Å². The van der Waals surface area contributed by atoms with E-state index in [2.05, 4.69) is 4.98 Å². The van der Waals surface area contributed by atoms with Gasteiger partial charge in [0.15, 0.2) is 0 Å². The van der Waals surface area contributed by atoms with Crippen molar-refractivity contribution in [3.63, 3.8) is 0 Å². The summed E-state index contributed by atoms with van der Waals surface area (Å²) < 4.78 is 24.0. The van der Waals surface area contributed by atoms with Gasteiger partial charge in [0.25, 0.3) is 0 Å². The fraction of sp³-hybridized carbons (Fsp3) is 0.227. The van der Waals surface area contributed by atoms with Gasteiger partial charge in [0.1, 0.15) is 11.6 Å². The second-order valence-electron chi connectivity index (χ2n) is 6.11. The summed E-state index contributed by atoms with van der Waals surface area (Å²) in [5.74, 6) is 0.164. The average Bonchev–Trinajstić information content (AvgIpc) is 3.07. The largest absolute Gasteiger partial charge is 0.494 e. The van der Waals surface area contributed by atoms with Crippen molar-refractivity contribution in [2.75, 3.05) is 13.2 Å². The lowest BCUT2D eigenvalue weighted by Gasteiger charge is -2.03. The van der Waals surface area contributed by atoms with E-state index in [0.29, 0.717) is 26.1 Å². The van der Waals surface area contributed by atoms with Gasteiger partial charge in [-0.3, -0.25) is 0 Å². The summed E-state index contributed by atoms with van der Waals surface area (Å²) in [5.41, 5.74) is 2.82. The highest BCUT2D eigenvalue weighted by molar-refractivity contribution is 5.87. The first-order chi connectivity index (χ1) is 13.2. The molecule has 1 aromatic heterocycles. The fourth-order valence-electron chi connectivity index (χ4n) is 2.85. The molecule has 0 spiro atoms. The zero-order valence-corrected chi connectivity index (χ0v) is 15.2. The minimum absolute atomic E-state index is 0.255. The number of esters is 1. The maximum atomic E-state index is 13.4. The molecule has 1 N–H and O–H groups in total. The van der Waals surface area contributed by atoms with Crippen LogP contribution in [0.4, 0.5) is 4.39 Å². The predicted octanol–water partition coefficient (Wildman–Crippen LogP) is 4.89. The summed E-state index contributed by atoms with van der Waals surface area (Å²) in [6.45, 7) is 2.87. The molecule has 4 nitrogen and oxygen atoms in total. The van der Waals surface area contributed by atoms with Gasteiger partial charge in [0.05, 0.1) is 13.2 Å². The SMILES string of the molecule is CCOc1ccc(/C=C/C(=O)OCCCc2c[nH]c3ccc(F)cc23)cc1. The number of nitrogens with one attached hydrogen (secondary N) is 1. The summed E-state index contributed by atoms with van der Waals surface area (Å²) in [4.78, 5) is 14.9. The summed E-state index contributed by atoms with van der Waals surface area (Å²) >= 11 is 0. The standard InChI is InChI=1S/C22H22FNO3/c1-2-26-19-9-5-16(6-10-19)7-12-22(25)27-13-3-4-17-15-24-21-11-8-18(23)14-20(17)21/h5-12,14-15,24H,2-4,13H2,1H3/b12-7+. The molecular weight excluding hydrogens is 345 g/mol. The van der Waals surface area contributed by atoms with Gasteiger partial charge in [0.2, 0.25) is 0 Å². The van der Waals surface area contributed by atoms with Crippen LogP contribution in [0.3, 0.4) is 0 Å². The van der Waals surface area contributed by atoms with E-state index in [0.717, 1.165) is 27.8 Å². The van der Waals surface area contributed by atoms with Crippen LogP contribution in [0, 0.1) is 5.82 Å². The summed E-state index contributed by atoms with van der Waals surface area (Å²) in [6, 6.07) is 12.2. The first-order valence-electron chi connectivity index (χ1n) is 8.99. The molecular formula is C22H22FNO3. The number of benzene rings is 2. The molecule has 27 heavy (non-hydrogen) atoms. The molecule has 0 atom stereocenters. The van der Waals surface area contributed by atoms with Crippen molar-refractivity contribution in [1.29, 1.82) is 0 Å². The molecule has 5 heteroatoms. The van der Waals surface area contributed by atoms with Crippen LogP contribution in [-0.2, 0) is 16.0 Å². The van der Waals surface area contributed by atoms with E-state index in [9.17, 15) is 9.18 Å². The van der Waals surface area contributed by atoms with Crippen LogP contribution in [-0.4, -0.2) is 24.2 Å². The van der Waals surface area contributed by atoms with Crippen molar-refractivity contribution >= 4 is 22.9 Å². The number of rotatable bonds is 8. The highest BCUT2D eigenvalue weighted by Crippen LogP contribution is 2.20. The van der Waals surface area contributed by atoms with Crippen molar-refractivity contribution in [3.05, 3.63) is 71.7 Å². The van der Waals surface area contributed by atoms with Crippen LogP contribution >= 0.6 is 0 Å². The molecule has 0 amide bonds. The lowest BCUT2D eigenvalue weighted by molar-refractivity contribution is -0.137. The van der Waals surface area contributed by atoms with Gasteiger partial charge in [-0.1, -0.05) is 12.1 Å². The normalized spacial score (nSPS) is 11.2. The van der Waals surface area contributed by atoms with Crippen molar-refractivity contribution in [1.82, 2.24) is 4.98 Å². The first-order valence-corrected chi connectivity index (χ1v) is 8.99. The minimum atomic E-state index is -0.381. The number of fused-ring (bicyclic) bond motifs is 1. The lowest BCUT2D eigenvalue weighted by Crippen LogP contribution is -2.03. The number of hydrogen-bond donors (Lipinski definition) is 1. The Morgan fingerprint density at radius 3 is 2.78 bits per heavy atom. The smallest absolute Gasteiger partial charge is 0.330 e. The van der Waals surface area contributed by atoms with E-state index in [1.807, 2.05) is 37.4 Å². The zero-order valence-electron chi connectivity index (χ0n) is 15.2. The molecule has 2 aromatic carbocycles. The number of aromatic amines is 1. The van der Waals surface area contributed by atoms with Crippen LogP contribution in [0.25, 0.3) is 17.0 Å². The number of H-pyrrole nitrogens is 1. The Labute approximate surface area is 157 Å². The van der Waals surface area contributed by atoms with Crippen molar-refractivity contribution in [2.24, 2.45) is 0 Å². The average molecular weight is 367 g/mol. The quantitative estimate of drug-likeness (QED) is 0.350. The zero-order chi connectivity index (χ0) is 19.1. The second kappa shape index (κ2) is 9.03. The molecule has 1 heterocycles. The Hall–Kier alpha value is -3.08. The maximum absolute atomic E-state index is 13.4. The van der Waals surface area contributed by atoms with E-state index in [1.54, 1.807) is 12.1 Å². The molecule has 0 aliphatic carbocycles. The van der Waals surface area contributed by atoms with E-state index in [1.165, 1.54) is 18.2 Å².